The number of alkyl halides is 1. The van der Waals surface area contributed by atoms with E-state index >= 15 is 0 Å². The molecule has 10 nitrogen and oxygen atoms in total. The fraction of sp³-hybridized carbons (Fsp3) is 0.373. The standard InChI is InChI=1S/C22H26O4.C20H22O6.C9H11Br/c1-14-5-6-16(9-15(14)2)10-18-11-19(13-26-22(18)23)17-7-8-20(24-3)21(12-17)25-4;1-24-18-6-4-13(10-19(18)25-2)15-9-14(20(23)26-11-15)7-12-3-5-16(21)17(22)8-12;1-7-3-4-9(6-10)5-8(7)2/h5-9,12,18-19H,10-11,13H2,1-4H3;3-6,8,10,14-15,21-22H,7,9,11H2,1-2H3;3-5H,6H2,1-2H3/t18?,19-;14?,15-;/m11./s1. The van der Waals surface area contributed by atoms with Crippen molar-refractivity contribution in [2.45, 2.75) is 70.5 Å². The molecule has 0 bridgehead atoms. The minimum Gasteiger partial charge on any atom is -0.504 e. The molecule has 2 unspecified atom stereocenters. The molecule has 330 valence electrons. The van der Waals surface area contributed by atoms with E-state index in [1.807, 2.05) is 36.4 Å². The van der Waals surface area contributed by atoms with Crippen LogP contribution >= 0.6 is 15.9 Å². The zero-order valence-electron chi connectivity index (χ0n) is 37.0. The molecule has 2 saturated heterocycles. The summed E-state index contributed by atoms with van der Waals surface area (Å²) in [5.41, 5.74) is 10.7. The van der Waals surface area contributed by atoms with Gasteiger partial charge in [0.1, 0.15) is 0 Å². The van der Waals surface area contributed by atoms with Crippen LogP contribution in [0, 0.1) is 39.5 Å². The van der Waals surface area contributed by atoms with Crippen molar-refractivity contribution in [2.75, 3.05) is 41.7 Å². The van der Waals surface area contributed by atoms with Crippen LogP contribution in [0.25, 0.3) is 0 Å². The Bertz CT molecular complexity index is 2170. The molecule has 0 saturated carbocycles. The number of halogens is 1. The number of aryl methyl sites for hydroxylation is 4. The Labute approximate surface area is 374 Å². The zero-order chi connectivity index (χ0) is 44.9. The van der Waals surface area contributed by atoms with Crippen LogP contribution in [0.1, 0.15) is 74.7 Å². The zero-order valence-corrected chi connectivity index (χ0v) is 38.5. The number of aromatic hydroxyl groups is 2. The number of cyclic esters (lactones) is 2. The number of methoxy groups -OCH3 is 4. The predicted molar refractivity (Wildman–Crippen MR) is 244 cm³/mol. The molecule has 2 aliphatic heterocycles. The molecule has 2 N–H and O–H groups in total. The van der Waals surface area contributed by atoms with Gasteiger partial charge in [0, 0.05) is 17.2 Å². The van der Waals surface area contributed by atoms with Gasteiger partial charge < -0.3 is 38.6 Å². The van der Waals surface area contributed by atoms with E-state index < -0.39 is 0 Å². The Morgan fingerprint density at radius 2 is 0.935 bits per heavy atom. The Hall–Kier alpha value is -5.68. The highest BCUT2D eigenvalue weighted by Gasteiger charge is 2.33. The highest BCUT2D eigenvalue weighted by molar-refractivity contribution is 9.08. The number of carbonyl (C=O) groups is 2. The SMILES string of the molecule is COc1ccc([C@H]2COC(=O)C(Cc3ccc(C)c(C)c3)C2)cc1OC.COc1ccc([C@H]2COC(=O)C(Cc3ccc(O)c(O)c3)C2)cc1OC.Cc1ccc(CBr)cc1C. The first kappa shape index (κ1) is 47.4. The van der Waals surface area contributed by atoms with Crippen LogP contribution in [0.5, 0.6) is 34.5 Å². The van der Waals surface area contributed by atoms with Gasteiger partial charge in [-0.3, -0.25) is 9.59 Å². The number of esters is 2. The second-order valence-electron chi connectivity index (χ2n) is 16.0. The lowest BCUT2D eigenvalue weighted by atomic mass is 9.83. The van der Waals surface area contributed by atoms with Gasteiger partial charge in [-0.25, -0.2) is 0 Å². The van der Waals surface area contributed by atoms with Crippen molar-refractivity contribution in [1.82, 2.24) is 0 Å². The summed E-state index contributed by atoms with van der Waals surface area (Å²) >= 11 is 3.42. The molecule has 5 aromatic rings. The molecule has 0 spiro atoms. The van der Waals surface area contributed by atoms with Gasteiger partial charge in [-0.1, -0.05) is 70.5 Å². The van der Waals surface area contributed by atoms with E-state index in [4.69, 9.17) is 28.4 Å². The summed E-state index contributed by atoms with van der Waals surface area (Å²) in [4.78, 5) is 24.5. The van der Waals surface area contributed by atoms with Crippen LogP contribution in [0.3, 0.4) is 0 Å². The summed E-state index contributed by atoms with van der Waals surface area (Å²) < 4.78 is 32.2. The molecular formula is C51H59BrO10. The Balaban J connectivity index is 0.000000192. The van der Waals surface area contributed by atoms with E-state index in [-0.39, 0.29) is 47.1 Å². The second-order valence-corrected chi connectivity index (χ2v) is 16.5. The van der Waals surface area contributed by atoms with E-state index in [0.29, 0.717) is 55.5 Å². The normalized spacial score (nSPS) is 18.1. The number of hydrogen-bond acceptors (Lipinski definition) is 10. The minimum atomic E-state index is -0.314. The Morgan fingerprint density at radius 1 is 0.516 bits per heavy atom. The van der Waals surface area contributed by atoms with Crippen molar-refractivity contribution in [2.24, 2.45) is 11.8 Å². The average molecular weight is 912 g/mol. The molecule has 4 atom stereocenters. The van der Waals surface area contributed by atoms with Crippen LogP contribution in [0.2, 0.25) is 0 Å². The fourth-order valence-electron chi connectivity index (χ4n) is 7.71. The van der Waals surface area contributed by atoms with E-state index in [1.165, 1.54) is 45.5 Å². The summed E-state index contributed by atoms with van der Waals surface area (Å²) in [6, 6.07) is 29.1. The van der Waals surface area contributed by atoms with Gasteiger partial charge in [-0.15, -0.1) is 0 Å². The van der Waals surface area contributed by atoms with Gasteiger partial charge >= 0.3 is 11.9 Å². The summed E-state index contributed by atoms with van der Waals surface area (Å²) in [6.45, 7) is 9.21. The van der Waals surface area contributed by atoms with Gasteiger partial charge in [0.15, 0.2) is 34.5 Å². The molecule has 62 heavy (non-hydrogen) atoms. The fourth-order valence-corrected chi connectivity index (χ4v) is 8.06. The molecule has 0 aliphatic carbocycles. The largest absolute Gasteiger partial charge is 0.504 e. The Kier molecular flexibility index (Phi) is 17.1. The summed E-state index contributed by atoms with van der Waals surface area (Å²) in [5, 5.41) is 20.0. The third-order valence-corrected chi connectivity index (χ3v) is 12.4. The van der Waals surface area contributed by atoms with Crippen molar-refractivity contribution in [3.63, 3.8) is 0 Å². The molecular weight excluding hydrogens is 852 g/mol. The maximum atomic E-state index is 12.3. The molecule has 5 aromatic carbocycles. The number of carbonyl (C=O) groups excluding carboxylic acids is 2. The average Bonchev–Trinajstić information content (AvgIpc) is 3.28. The smallest absolute Gasteiger partial charge is 0.309 e. The molecule has 0 radical (unpaired) electrons. The lowest BCUT2D eigenvalue weighted by molar-refractivity contribution is -0.154. The van der Waals surface area contributed by atoms with Crippen molar-refractivity contribution in [3.05, 3.63) is 141 Å². The highest BCUT2D eigenvalue weighted by atomic mass is 79.9. The summed E-state index contributed by atoms with van der Waals surface area (Å²) in [5.74, 6) is 1.79. The first-order chi connectivity index (χ1) is 29.8. The van der Waals surface area contributed by atoms with E-state index in [0.717, 1.165) is 28.4 Å². The molecule has 0 aromatic heterocycles. The second kappa shape index (κ2) is 22.4. The third-order valence-electron chi connectivity index (χ3n) is 11.7. The van der Waals surface area contributed by atoms with Crippen LogP contribution in [0.4, 0.5) is 0 Å². The molecule has 7 rings (SSSR count). The lowest BCUT2D eigenvalue weighted by Gasteiger charge is -2.29. The predicted octanol–water partition coefficient (Wildman–Crippen LogP) is 10.4. The van der Waals surface area contributed by atoms with Crippen LogP contribution in [0.15, 0.2) is 91.0 Å². The maximum Gasteiger partial charge on any atom is 0.309 e. The number of rotatable bonds is 11. The van der Waals surface area contributed by atoms with Crippen LogP contribution in [-0.4, -0.2) is 63.8 Å². The quantitative estimate of drug-likeness (QED) is 0.0750. The van der Waals surface area contributed by atoms with Crippen molar-refractivity contribution in [1.29, 1.82) is 0 Å². The third kappa shape index (κ3) is 12.5. The summed E-state index contributed by atoms with van der Waals surface area (Å²) in [7, 11) is 6.43. The van der Waals surface area contributed by atoms with E-state index in [9.17, 15) is 19.8 Å². The monoisotopic (exact) mass is 910 g/mol. The van der Waals surface area contributed by atoms with Gasteiger partial charge in [0.25, 0.3) is 0 Å². The number of phenols is 2. The topological polar surface area (TPSA) is 130 Å². The van der Waals surface area contributed by atoms with Gasteiger partial charge in [-0.2, -0.15) is 0 Å². The minimum absolute atomic E-state index is 0.0585. The number of hydrogen-bond donors (Lipinski definition) is 2. The molecule has 2 fully saturated rings. The van der Waals surface area contributed by atoms with Gasteiger partial charge in [0.2, 0.25) is 0 Å². The van der Waals surface area contributed by atoms with E-state index in [1.54, 1.807) is 34.5 Å². The molecule has 0 amide bonds. The molecule has 11 heteroatoms. The Morgan fingerprint density at radius 3 is 1.35 bits per heavy atom. The number of benzene rings is 5. The number of phenolic OH excluding ortho intramolecular Hbond substituents is 2. The maximum absolute atomic E-state index is 12.3. The summed E-state index contributed by atoms with van der Waals surface area (Å²) in [6.07, 6.45) is 2.57. The van der Waals surface area contributed by atoms with Crippen LogP contribution in [-0.2, 0) is 37.2 Å². The van der Waals surface area contributed by atoms with Gasteiger partial charge in [0.05, 0.1) is 53.5 Å². The van der Waals surface area contributed by atoms with Crippen molar-refractivity contribution < 1.29 is 48.2 Å². The van der Waals surface area contributed by atoms with Gasteiger partial charge in [-0.05, 0) is 140 Å². The van der Waals surface area contributed by atoms with Crippen molar-refractivity contribution in [3.8, 4) is 34.5 Å². The molecule has 2 heterocycles. The van der Waals surface area contributed by atoms with E-state index in [2.05, 4.69) is 80.0 Å². The lowest BCUT2D eigenvalue weighted by Crippen LogP contribution is -2.30. The van der Waals surface area contributed by atoms with Crippen molar-refractivity contribution >= 4 is 27.9 Å². The number of ether oxygens (including phenoxy) is 6. The van der Waals surface area contributed by atoms with Crippen LogP contribution < -0.4 is 18.9 Å². The first-order valence-electron chi connectivity index (χ1n) is 20.7. The molecule has 2 aliphatic rings. The first-order valence-corrected chi connectivity index (χ1v) is 21.9. The highest BCUT2D eigenvalue weighted by Crippen LogP contribution is 2.38.